The van der Waals surface area contributed by atoms with Crippen LogP contribution in [0.15, 0.2) is 16.5 Å². The van der Waals surface area contributed by atoms with E-state index >= 15 is 0 Å². The maximum Gasteiger partial charge on any atom is 0.342 e. The molecule has 2 rings (SSSR count). The van der Waals surface area contributed by atoms with Crippen molar-refractivity contribution in [1.29, 1.82) is 0 Å². The van der Waals surface area contributed by atoms with Gasteiger partial charge in [-0.25, -0.2) is 4.79 Å². The number of carbonyl (C=O) groups is 2. The van der Waals surface area contributed by atoms with Crippen LogP contribution in [0, 0.1) is 6.92 Å². The number of aromatic hydroxyl groups is 1. The lowest BCUT2D eigenvalue weighted by Crippen LogP contribution is -2.01. The summed E-state index contributed by atoms with van der Waals surface area (Å²) in [5.74, 6) is -0.609. The van der Waals surface area contributed by atoms with Crippen molar-refractivity contribution in [3.63, 3.8) is 0 Å². The average molecular weight is 248 g/mol. The number of esters is 1. The molecule has 94 valence electrons. The van der Waals surface area contributed by atoms with E-state index in [-0.39, 0.29) is 22.7 Å². The maximum atomic E-state index is 11.6. The number of aryl methyl sites for hydroxylation is 1. The molecule has 1 aromatic heterocycles. The van der Waals surface area contributed by atoms with Crippen molar-refractivity contribution in [3.8, 4) is 5.75 Å². The molecule has 2 aromatic rings. The number of ether oxygens (including phenoxy) is 1. The summed E-state index contributed by atoms with van der Waals surface area (Å²) in [6.07, 6.45) is 0. The van der Waals surface area contributed by atoms with E-state index in [9.17, 15) is 14.7 Å². The number of carbonyl (C=O) groups excluding carboxylic acids is 2. The molecule has 0 saturated heterocycles. The summed E-state index contributed by atoms with van der Waals surface area (Å²) in [6, 6.07) is 2.77. The zero-order valence-corrected chi connectivity index (χ0v) is 10.2. The topological polar surface area (TPSA) is 76.7 Å². The van der Waals surface area contributed by atoms with Crippen LogP contribution < -0.4 is 0 Å². The van der Waals surface area contributed by atoms with Crippen LogP contribution in [0.2, 0.25) is 0 Å². The lowest BCUT2D eigenvalue weighted by Gasteiger charge is -2.01. The number of rotatable bonds is 2. The summed E-state index contributed by atoms with van der Waals surface area (Å²) in [6.45, 7) is 2.97. The summed E-state index contributed by atoms with van der Waals surface area (Å²) in [5.41, 5.74) is 0.793. The zero-order chi connectivity index (χ0) is 13.4. The second-order valence-corrected chi connectivity index (χ2v) is 3.95. The molecule has 0 aliphatic rings. The molecule has 18 heavy (non-hydrogen) atoms. The van der Waals surface area contributed by atoms with E-state index in [4.69, 9.17) is 4.42 Å². The van der Waals surface area contributed by atoms with Gasteiger partial charge in [-0.2, -0.15) is 0 Å². The van der Waals surface area contributed by atoms with Gasteiger partial charge in [0, 0.05) is 5.39 Å². The molecule has 0 spiro atoms. The summed E-state index contributed by atoms with van der Waals surface area (Å²) >= 11 is 0. The van der Waals surface area contributed by atoms with Crippen LogP contribution >= 0.6 is 0 Å². The van der Waals surface area contributed by atoms with Crippen LogP contribution in [0.1, 0.15) is 33.4 Å². The van der Waals surface area contributed by atoms with Gasteiger partial charge in [-0.15, -0.1) is 0 Å². The van der Waals surface area contributed by atoms with E-state index in [1.807, 2.05) is 0 Å². The first-order valence-electron chi connectivity index (χ1n) is 5.31. The molecular weight excluding hydrogens is 236 g/mol. The molecule has 0 aliphatic carbocycles. The second-order valence-electron chi connectivity index (χ2n) is 3.95. The van der Waals surface area contributed by atoms with E-state index < -0.39 is 5.97 Å². The van der Waals surface area contributed by atoms with E-state index in [0.29, 0.717) is 16.7 Å². The Bertz CT molecular complexity index is 651. The Hall–Kier alpha value is -2.30. The number of phenolic OH excluding ortho intramolecular Hbond substituents is 1. The fourth-order valence-corrected chi connectivity index (χ4v) is 1.89. The summed E-state index contributed by atoms with van der Waals surface area (Å²) in [4.78, 5) is 22.9. The lowest BCUT2D eigenvalue weighted by molar-refractivity contribution is 0.0600. The molecule has 0 radical (unpaired) electrons. The van der Waals surface area contributed by atoms with Gasteiger partial charge in [-0.3, -0.25) is 4.79 Å². The van der Waals surface area contributed by atoms with Gasteiger partial charge < -0.3 is 14.3 Å². The summed E-state index contributed by atoms with van der Waals surface area (Å²) in [5, 5.41) is 10.2. The van der Waals surface area contributed by atoms with Gasteiger partial charge in [-0.05, 0) is 26.0 Å². The molecule has 0 unspecified atom stereocenters. The predicted molar refractivity (Wildman–Crippen MR) is 64.0 cm³/mol. The monoisotopic (exact) mass is 248 g/mol. The highest BCUT2D eigenvalue weighted by Crippen LogP contribution is 2.32. The van der Waals surface area contributed by atoms with Gasteiger partial charge in [0.2, 0.25) is 0 Å². The Labute approximate surface area is 103 Å². The minimum absolute atomic E-state index is 0.160. The maximum absolute atomic E-state index is 11.6. The average Bonchev–Trinajstić information content (AvgIpc) is 2.62. The number of ketones is 1. The molecule has 0 bridgehead atoms. The minimum atomic E-state index is -0.541. The van der Waals surface area contributed by atoms with E-state index in [0.717, 1.165) is 0 Å². The Kier molecular flexibility index (Phi) is 2.82. The van der Waals surface area contributed by atoms with E-state index in [1.54, 1.807) is 6.92 Å². The van der Waals surface area contributed by atoms with Gasteiger partial charge in [0.05, 0.1) is 12.7 Å². The largest absolute Gasteiger partial charge is 0.507 e. The number of methoxy groups -OCH3 is 1. The van der Waals surface area contributed by atoms with Crippen molar-refractivity contribution in [1.82, 2.24) is 0 Å². The lowest BCUT2D eigenvalue weighted by atomic mass is 10.1. The molecule has 0 saturated carbocycles. The van der Waals surface area contributed by atoms with Crippen molar-refractivity contribution >= 4 is 22.7 Å². The fourth-order valence-electron chi connectivity index (χ4n) is 1.89. The molecule has 1 heterocycles. The summed E-state index contributed by atoms with van der Waals surface area (Å²) in [7, 11) is 1.27. The Morgan fingerprint density at radius 2 is 2.00 bits per heavy atom. The van der Waals surface area contributed by atoms with Crippen molar-refractivity contribution in [3.05, 3.63) is 29.0 Å². The smallest absolute Gasteiger partial charge is 0.342 e. The minimum Gasteiger partial charge on any atom is -0.507 e. The van der Waals surface area contributed by atoms with E-state index in [1.165, 1.54) is 26.2 Å². The number of benzene rings is 1. The number of hydrogen-bond donors (Lipinski definition) is 1. The number of Topliss-reactive ketones (excluding diaryl/α,β-unsaturated/α-hetero) is 1. The van der Waals surface area contributed by atoms with Crippen LogP contribution in [0.3, 0.4) is 0 Å². The van der Waals surface area contributed by atoms with Crippen molar-refractivity contribution in [2.75, 3.05) is 7.11 Å². The van der Waals surface area contributed by atoms with Crippen LogP contribution in [0.25, 0.3) is 11.0 Å². The molecule has 0 amide bonds. The number of furan rings is 1. The molecule has 5 heteroatoms. The molecule has 1 N–H and O–H groups in total. The first-order valence-corrected chi connectivity index (χ1v) is 5.31. The van der Waals surface area contributed by atoms with E-state index in [2.05, 4.69) is 4.74 Å². The Morgan fingerprint density at radius 1 is 1.33 bits per heavy atom. The number of hydrogen-bond acceptors (Lipinski definition) is 5. The highest BCUT2D eigenvalue weighted by atomic mass is 16.5. The van der Waals surface area contributed by atoms with Crippen molar-refractivity contribution in [2.24, 2.45) is 0 Å². The number of phenols is 1. The van der Waals surface area contributed by atoms with Gasteiger partial charge in [0.25, 0.3) is 0 Å². The Balaban J connectivity index is 2.77. The van der Waals surface area contributed by atoms with Crippen LogP contribution in [0.4, 0.5) is 0 Å². The molecule has 0 aliphatic heterocycles. The van der Waals surface area contributed by atoms with Crippen LogP contribution in [-0.2, 0) is 4.74 Å². The second kappa shape index (κ2) is 4.18. The highest BCUT2D eigenvalue weighted by molar-refractivity contribution is 6.07. The molecular formula is C13H12O5. The van der Waals surface area contributed by atoms with Crippen molar-refractivity contribution < 1.29 is 23.8 Å². The molecule has 5 nitrogen and oxygen atoms in total. The third-order valence-electron chi connectivity index (χ3n) is 2.75. The number of fused-ring (bicyclic) bond motifs is 1. The van der Waals surface area contributed by atoms with Gasteiger partial charge >= 0.3 is 5.97 Å². The highest BCUT2D eigenvalue weighted by Gasteiger charge is 2.21. The first kappa shape index (κ1) is 12.2. The zero-order valence-electron chi connectivity index (χ0n) is 10.2. The third-order valence-corrected chi connectivity index (χ3v) is 2.75. The summed E-state index contributed by atoms with van der Waals surface area (Å²) < 4.78 is 10.1. The van der Waals surface area contributed by atoms with Crippen molar-refractivity contribution in [2.45, 2.75) is 13.8 Å². The van der Waals surface area contributed by atoms with Gasteiger partial charge in [0.15, 0.2) is 5.78 Å². The van der Waals surface area contributed by atoms with Gasteiger partial charge in [0.1, 0.15) is 22.7 Å². The first-order chi connectivity index (χ1) is 8.45. The van der Waals surface area contributed by atoms with Crippen LogP contribution in [0.5, 0.6) is 5.75 Å². The standard InChI is InChI=1S/C13H12O5/c1-6(14)8-5-11-9(4-10(8)15)12(7(2)18-11)13(16)17-3/h4-5,15H,1-3H3. The molecule has 0 atom stereocenters. The van der Waals surface area contributed by atoms with Crippen LogP contribution in [-0.4, -0.2) is 24.0 Å². The molecule has 1 aromatic carbocycles. The predicted octanol–water partition coefficient (Wildman–Crippen LogP) is 2.44. The quantitative estimate of drug-likeness (QED) is 0.652. The molecule has 0 fully saturated rings. The van der Waals surface area contributed by atoms with Gasteiger partial charge in [-0.1, -0.05) is 0 Å². The third kappa shape index (κ3) is 1.73. The SMILES string of the molecule is COC(=O)c1c(C)oc2cc(C(C)=O)c(O)cc12. The Morgan fingerprint density at radius 3 is 2.56 bits per heavy atom. The fraction of sp³-hybridized carbons (Fsp3) is 0.231. The normalized spacial score (nSPS) is 10.6.